The summed E-state index contributed by atoms with van der Waals surface area (Å²) in [6, 6.07) is 14.9. The molecule has 0 spiro atoms. The van der Waals surface area contributed by atoms with Crippen LogP contribution in [0.2, 0.25) is 5.02 Å². The number of ether oxygens (including phenoxy) is 1. The molecule has 3 aromatic rings. The molecule has 0 aliphatic rings. The van der Waals surface area contributed by atoms with Crippen LogP contribution in [0.3, 0.4) is 0 Å². The Hall–Kier alpha value is -2.91. The SMILES string of the molecule is COc1ccc(NCc2nnc(SCC(=O)NCc3ccccc3Cl)n2N)cc1. The second kappa shape index (κ2) is 10.0. The van der Waals surface area contributed by atoms with E-state index in [9.17, 15) is 4.79 Å². The van der Waals surface area contributed by atoms with Crippen LogP contribution in [-0.4, -0.2) is 33.6 Å². The van der Waals surface area contributed by atoms with Gasteiger partial charge in [-0.2, -0.15) is 0 Å². The first kappa shape index (κ1) is 20.8. The number of nitrogen functional groups attached to an aromatic ring is 1. The summed E-state index contributed by atoms with van der Waals surface area (Å²) in [6.45, 7) is 0.764. The topological polar surface area (TPSA) is 107 Å². The third-order valence-corrected chi connectivity index (χ3v) is 5.35. The number of anilines is 1. The van der Waals surface area contributed by atoms with Gasteiger partial charge in [-0.3, -0.25) is 4.79 Å². The second-order valence-corrected chi connectivity index (χ2v) is 7.36. The van der Waals surface area contributed by atoms with Crippen LogP contribution in [0, 0.1) is 0 Å². The summed E-state index contributed by atoms with van der Waals surface area (Å²) in [5.41, 5.74) is 1.77. The number of benzene rings is 2. The van der Waals surface area contributed by atoms with Crippen molar-refractivity contribution in [3.8, 4) is 5.75 Å². The first-order valence-corrected chi connectivity index (χ1v) is 10.1. The molecule has 0 bridgehead atoms. The molecule has 0 aliphatic carbocycles. The number of methoxy groups -OCH3 is 1. The van der Waals surface area contributed by atoms with E-state index in [1.54, 1.807) is 13.2 Å². The zero-order chi connectivity index (χ0) is 20.6. The van der Waals surface area contributed by atoms with Gasteiger partial charge in [-0.05, 0) is 35.9 Å². The molecule has 8 nitrogen and oxygen atoms in total. The number of rotatable bonds is 9. The average Bonchev–Trinajstić information content (AvgIpc) is 3.10. The third-order valence-electron chi connectivity index (χ3n) is 4.04. The van der Waals surface area contributed by atoms with Crippen LogP contribution in [0.5, 0.6) is 5.75 Å². The van der Waals surface area contributed by atoms with Gasteiger partial charge in [-0.25, -0.2) is 4.68 Å². The lowest BCUT2D eigenvalue weighted by molar-refractivity contribution is -0.118. The monoisotopic (exact) mass is 432 g/mol. The van der Waals surface area contributed by atoms with Gasteiger partial charge in [0.1, 0.15) is 5.75 Å². The predicted octanol–water partition coefficient (Wildman–Crippen LogP) is 2.67. The van der Waals surface area contributed by atoms with Gasteiger partial charge in [-0.1, -0.05) is 41.6 Å². The highest BCUT2D eigenvalue weighted by molar-refractivity contribution is 7.99. The first-order chi connectivity index (χ1) is 14.1. The normalized spacial score (nSPS) is 10.6. The predicted molar refractivity (Wildman–Crippen MR) is 115 cm³/mol. The summed E-state index contributed by atoms with van der Waals surface area (Å²) in [5.74, 6) is 7.41. The molecule has 0 fully saturated rings. The molecule has 0 saturated carbocycles. The van der Waals surface area contributed by atoms with Crippen LogP contribution < -0.4 is 21.2 Å². The number of carbonyl (C=O) groups excluding carboxylic acids is 1. The average molecular weight is 433 g/mol. The highest BCUT2D eigenvalue weighted by atomic mass is 35.5. The quantitative estimate of drug-likeness (QED) is 0.352. The van der Waals surface area contributed by atoms with Gasteiger partial charge >= 0.3 is 0 Å². The van der Waals surface area contributed by atoms with E-state index in [1.807, 2.05) is 42.5 Å². The third kappa shape index (κ3) is 5.78. The molecule has 1 aromatic heterocycles. The Kier molecular flexibility index (Phi) is 7.20. The number of nitrogens with two attached hydrogens (primary N) is 1. The minimum absolute atomic E-state index is 0.143. The molecule has 0 radical (unpaired) electrons. The fourth-order valence-corrected chi connectivity index (χ4v) is 3.34. The van der Waals surface area contributed by atoms with Gasteiger partial charge in [0.25, 0.3) is 0 Å². The number of halogens is 1. The van der Waals surface area contributed by atoms with E-state index in [0.29, 0.717) is 29.1 Å². The number of amides is 1. The largest absolute Gasteiger partial charge is 0.497 e. The lowest BCUT2D eigenvalue weighted by Gasteiger charge is -2.08. The minimum Gasteiger partial charge on any atom is -0.497 e. The Balaban J connectivity index is 1.47. The van der Waals surface area contributed by atoms with E-state index < -0.39 is 0 Å². The van der Waals surface area contributed by atoms with Crippen LogP contribution in [0.25, 0.3) is 0 Å². The van der Waals surface area contributed by atoms with Gasteiger partial charge in [-0.15, -0.1) is 10.2 Å². The maximum Gasteiger partial charge on any atom is 0.230 e. The summed E-state index contributed by atoms with van der Waals surface area (Å²) in [6.07, 6.45) is 0. The summed E-state index contributed by atoms with van der Waals surface area (Å²) < 4.78 is 6.51. The molecule has 0 atom stereocenters. The van der Waals surface area contributed by atoms with Gasteiger partial charge in [0, 0.05) is 17.3 Å². The molecule has 0 aliphatic heterocycles. The van der Waals surface area contributed by atoms with Crippen molar-refractivity contribution in [1.29, 1.82) is 0 Å². The van der Waals surface area contributed by atoms with Crippen molar-refractivity contribution >= 4 is 35.0 Å². The molecule has 0 unspecified atom stereocenters. The van der Waals surface area contributed by atoms with E-state index in [2.05, 4.69) is 20.8 Å². The second-order valence-electron chi connectivity index (χ2n) is 6.01. The van der Waals surface area contributed by atoms with Gasteiger partial charge in [0.2, 0.25) is 11.1 Å². The Morgan fingerprint density at radius 3 is 2.66 bits per heavy atom. The lowest BCUT2D eigenvalue weighted by atomic mass is 10.2. The zero-order valence-corrected chi connectivity index (χ0v) is 17.3. The molecule has 1 heterocycles. The molecule has 29 heavy (non-hydrogen) atoms. The summed E-state index contributed by atoms with van der Waals surface area (Å²) in [4.78, 5) is 12.1. The van der Waals surface area contributed by atoms with Crippen molar-refractivity contribution in [3.05, 3.63) is 64.9 Å². The molecular formula is C19H21ClN6O2S. The number of carbonyl (C=O) groups is 1. The standard InChI is InChI=1S/C19H21ClN6O2S/c1-28-15-8-6-14(7-9-15)22-11-17-24-25-19(26(17)21)29-12-18(27)23-10-13-4-2-3-5-16(13)20/h2-9,22H,10-12,21H2,1H3,(H,23,27). The van der Waals surface area contributed by atoms with E-state index in [4.69, 9.17) is 22.2 Å². The Labute approximate surface area is 177 Å². The fourth-order valence-electron chi connectivity index (χ4n) is 2.43. The highest BCUT2D eigenvalue weighted by Gasteiger charge is 2.12. The number of hydrogen-bond acceptors (Lipinski definition) is 7. The van der Waals surface area contributed by atoms with Crippen molar-refractivity contribution in [2.75, 3.05) is 24.0 Å². The minimum atomic E-state index is -0.143. The van der Waals surface area contributed by atoms with Crippen LogP contribution >= 0.6 is 23.4 Å². The Morgan fingerprint density at radius 1 is 1.17 bits per heavy atom. The van der Waals surface area contributed by atoms with Crippen molar-refractivity contribution in [1.82, 2.24) is 20.2 Å². The highest BCUT2D eigenvalue weighted by Crippen LogP contribution is 2.18. The lowest BCUT2D eigenvalue weighted by Crippen LogP contribution is -2.25. The number of thioether (sulfide) groups is 1. The maximum atomic E-state index is 12.1. The van der Waals surface area contributed by atoms with E-state index >= 15 is 0 Å². The van der Waals surface area contributed by atoms with Crippen molar-refractivity contribution in [2.45, 2.75) is 18.2 Å². The van der Waals surface area contributed by atoms with Crippen LogP contribution in [0.1, 0.15) is 11.4 Å². The number of hydrogen-bond donors (Lipinski definition) is 3. The smallest absolute Gasteiger partial charge is 0.230 e. The number of nitrogens with one attached hydrogen (secondary N) is 2. The van der Waals surface area contributed by atoms with Gasteiger partial charge < -0.3 is 21.2 Å². The summed E-state index contributed by atoms with van der Waals surface area (Å²) in [5, 5.41) is 15.3. The maximum absolute atomic E-state index is 12.1. The van der Waals surface area contributed by atoms with E-state index in [0.717, 1.165) is 17.0 Å². The molecular weight excluding hydrogens is 412 g/mol. The van der Waals surface area contributed by atoms with Crippen LogP contribution in [-0.2, 0) is 17.9 Å². The molecule has 3 rings (SSSR count). The van der Waals surface area contributed by atoms with E-state index in [-0.39, 0.29) is 11.7 Å². The van der Waals surface area contributed by atoms with Crippen molar-refractivity contribution in [2.24, 2.45) is 0 Å². The Bertz CT molecular complexity index is 964. The Morgan fingerprint density at radius 2 is 1.93 bits per heavy atom. The molecule has 2 aromatic carbocycles. The number of aromatic nitrogens is 3. The van der Waals surface area contributed by atoms with Crippen LogP contribution in [0.4, 0.5) is 5.69 Å². The molecule has 10 heteroatoms. The molecule has 152 valence electrons. The van der Waals surface area contributed by atoms with Crippen LogP contribution in [0.15, 0.2) is 53.7 Å². The number of nitrogens with zero attached hydrogens (tertiary/aromatic N) is 3. The van der Waals surface area contributed by atoms with Gasteiger partial charge in [0.15, 0.2) is 5.82 Å². The van der Waals surface area contributed by atoms with Crippen molar-refractivity contribution < 1.29 is 9.53 Å². The molecule has 4 N–H and O–H groups in total. The first-order valence-electron chi connectivity index (χ1n) is 8.77. The summed E-state index contributed by atoms with van der Waals surface area (Å²) >= 11 is 7.30. The molecule has 1 amide bonds. The van der Waals surface area contributed by atoms with Gasteiger partial charge in [0.05, 0.1) is 19.4 Å². The van der Waals surface area contributed by atoms with Crippen molar-refractivity contribution in [3.63, 3.8) is 0 Å². The van der Waals surface area contributed by atoms with E-state index in [1.165, 1.54) is 16.4 Å². The summed E-state index contributed by atoms with van der Waals surface area (Å²) in [7, 11) is 1.62. The fraction of sp³-hybridized carbons (Fsp3) is 0.211. The zero-order valence-electron chi connectivity index (χ0n) is 15.8. The molecule has 0 saturated heterocycles.